The van der Waals surface area contributed by atoms with Gasteiger partial charge in [-0.05, 0) is 17.7 Å². The van der Waals surface area contributed by atoms with Crippen LogP contribution in [-0.4, -0.2) is 16.9 Å². The predicted octanol–water partition coefficient (Wildman–Crippen LogP) is 1.42. The van der Waals surface area contributed by atoms with Gasteiger partial charge in [-0.25, -0.2) is 4.39 Å². The molecule has 1 aliphatic rings. The van der Waals surface area contributed by atoms with Gasteiger partial charge in [0.05, 0.1) is 0 Å². The monoisotopic (exact) mass is 238 g/mol. The molecule has 0 radical (unpaired) electrons. The summed E-state index contributed by atoms with van der Waals surface area (Å²) < 4.78 is 13.1. The SMILES string of the molecule is O=C1CC[C@@H]([N+](=O)[O-])[C@H](c2cccc(F)c2)N1. The zero-order valence-corrected chi connectivity index (χ0v) is 8.93. The van der Waals surface area contributed by atoms with Crippen molar-refractivity contribution in [3.63, 3.8) is 0 Å². The molecule has 1 amide bonds. The maximum Gasteiger partial charge on any atom is 0.237 e. The lowest BCUT2D eigenvalue weighted by atomic mass is 9.92. The van der Waals surface area contributed by atoms with Gasteiger partial charge in [0.15, 0.2) is 0 Å². The van der Waals surface area contributed by atoms with E-state index in [1.54, 1.807) is 6.07 Å². The van der Waals surface area contributed by atoms with E-state index in [1.807, 2.05) is 0 Å². The van der Waals surface area contributed by atoms with Crippen LogP contribution in [0, 0.1) is 15.9 Å². The molecule has 0 spiro atoms. The maximum absolute atomic E-state index is 13.1. The topological polar surface area (TPSA) is 72.2 Å². The number of hydrogen-bond donors (Lipinski definition) is 1. The van der Waals surface area contributed by atoms with Crippen LogP contribution in [0.15, 0.2) is 24.3 Å². The Hall–Kier alpha value is -1.98. The van der Waals surface area contributed by atoms with E-state index in [0.717, 1.165) is 0 Å². The van der Waals surface area contributed by atoms with Crippen molar-refractivity contribution in [3.05, 3.63) is 45.8 Å². The molecule has 17 heavy (non-hydrogen) atoms. The predicted molar refractivity (Wildman–Crippen MR) is 57.3 cm³/mol. The highest BCUT2D eigenvalue weighted by molar-refractivity contribution is 5.77. The van der Waals surface area contributed by atoms with E-state index in [4.69, 9.17) is 0 Å². The largest absolute Gasteiger partial charge is 0.343 e. The van der Waals surface area contributed by atoms with Gasteiger partial charge in [0.1, 0.15) is 11.9 Å². The third-order valence-electron chi connectivity index (χ3n) is 2.85. The summed E-state index contributed by atoms with van der Waals surface area (Å²) in [7, 11) is 0. The van der Waals surface area contributed by atoms with Crippen molar-refractivity contribution in [3.8, 4) is 0 Å². The number of piperidine rings is 1. The molecule has 1 N–H and O–H groups in total. The van der Waals surface area contributed by atoms with E-state index < -0.39 is 22.8 Å². The number of nitrogens with zero attached hydrogens (tertiary/aromatic N) is 1. The summed E-state index contributed by atoms with van der Waals surface area (Å²) in [5, 5.41) is 13.4. The maximum atomic E-state index is 13.1. The third kappa shape index (κ3) is 2.41. The number of nitrogens with one attached hydrogen (secondary N) is 1. The molecule has 2 atom stereocenters. The van der Waals surface area contributed by atoms with Gasteiger partial charge in [-0.3, -0.25) is 14.9 Å². The van der Waals surface area contributed by atoms with Crippen molar-refractivity contribution in [2.45, 2.75) is 24.9 Å². The first-order valence-electron chi connectivity index (χ1n) is 5.26. The fourth-order valence-electron chi connectivity index (χ4n) is 2.02. The molecule has 0 bridgehead atoms. The van der Waals surface area contributed by atoms with Crippen LogP contribution in [0.4, 0.5) is 4.39 Å². The summed E-state index contributed by atoms with van der Waals surface area (Å²) in [6.45, 7) is 0. The standard InChI is InChI=1S/C11H11FN2O3/c12-8-3-1-2-7(6-8)11-9(14(16)17)4-5-10(15)13-11/h1-3,6,9,11H,4-5H2,(H,13,15)/t9-,11+/m1/s1. The summed E-state index contributed by atoms with van der Waals surface area (Å²) in [4.78, 5) is 21.7. The minimum Gasteiger partial charge on any atom is -0.343 e. The molecule has 1 saturated heterocycles. The second kappa shape index (κ2) is 4.48. The first kappa shape index (κ1) is 11.5. The quantitative estimate of drug-likeness (QED) is 0.625. The van der Waals surface area contributed by atoms with Gasteiger partial charge >= 0.3 is 0 Å². The molecule has 1 fully saturated rings. The van der Waals surface area contributed by atoms with Crippen LogP contribution in [0.25, 0.3) is 0 Å². The lowest BCUT2D eigenvalue weighted by Crippen LogP contribution is -2.45. The van der Waals surface area contributed by atoms with E-state index in [-0.39, 0.29) is 18.7 Å². The smallest absolute Gasteiger partial charge is 0.237 e. The zero-order valence-electron chi connectivity index (χ0n) is 8.93. The van der Waals surface area contributed by atoms with Crippen molar-refractivity contribution in [1.82, 2.24) is 5.32 Å². The summed E-state index contributed by atoms with van der Waals surface area (Å²) in [6, 6.07) is 3.89. The van der Waals surface area contributed by atoms with Gasteiger partial charge in [-0.15, -0.1) is 0 Å². The number of amides is 1. The third-order valence-corrected chi connectivity index (χ3v) is 2.85. The molecular formula is C11H11FN2O3. The highest BCUT2D eigenvalue weighted by Crippen LogP contribution is 2.26. The highest BCUT2D eigenvalue weighted by atomic mass is 19.1. The second-order valence-corrected chi connectivity index (χ2v) is 3.99. The Balaban J connectivity index is 2.32. The second-order valence-electron chi connectivity index (χ2n) is 3.99. The van der Waals surface area contributed by atoms with Gasteiger partial charge in [-0.2, -0.15) is 0 Å². The fraction of sp³-hybridized carbons (Fsp3) is 0.364. The molecule has 1 heterocycles. The minimum absolute atomic E-state index is 0.136. The number of hydrogen-bond acceptors (Lipinski definition) is 3. The van der Waals surface area contributed by atoms with Crippen LogP contribution in [0.1, 0.15) is 24.4 Å². The van der Waals surface area contributed by atoms with Crippen LogP contribution < -0.4 is 5.32 Å². The number of benzene rings is 1. The molecule has 0 saturated carbocycles. The normalized spacial score (nSPS) is 24.2. The molecule has 1 aliphatic heterocycles. The number of rotatable bonds is 2. The summed E-state index contributed by atoms with van der Waals surface area (Å²) in [5.74, 6) is -0.707. The Labute approximate surface area is 96.8 Å². The molecule has 0 aromatic heterocycles. The van der Waals surface area contributed by atoms with Crippen LogP contribution in [0.2, 0.25) is 0 Å². The van der Waals surface area contributed by atoms with Crippen LogP contribution in [0.3, 0.4) is 0 Å². The average Bonchev–Trinajstić information content (AvgIpc) is 2.28. The fourth-order valence-corrected chi connectivity index (χ4v) is 2.02. The molecule has 6 heteroatoms. The molecule has 90 valence electrons. The minimum atomic E-state index is -0.894. The number of nitro groups is 1. The Morgan fingerprint density at radius 2 is 2.24 bits per heavy atom. The first-order valence-corrected chi connectivity index (χ1v) is 5.26. The zero-order chi connectivity index (χ0) is 12.4. The number of carbonyl (C=O) groups excluding carboxylic acids is 1. The van der Waals surface area contributed by atoms with E-state index in [9.17, 15) is 19.3 Å². The van der Waals surface area contributed by atoms with Crippen molar-refractivity contribution in [2.24, 2.45) is 0 Å². The summed E-state index contributed by atoms with van der Waals surface area (Å²) in [6.07, 6.45) is 0.317. The van der Waals surface area contributed by atoms with E-state index in [0.29, 0.717) is 5.56 Å². The van der Waals surface area contributed by atoms with E-state index in [1.165, 1.54) is 18.2 Å². The Kier molecular flexibility index (Phi) is 3.03. The van der Waals surface area contributed by atoms with Gasteiger partial charge in [0.2, 0.25) is 11.9 Å². The Morgan fingerprint density at radius 3 is 2.88 bits per heavy atom. The van der Waals surface area contributed by atoms with Crippen molar-refractivity contribution in [1.29, 1.82) is 0 Å². The van der Waals surface area contributed by atoms with Crippen LogP contribution in [-0.2, 0) is 4.79 Å². The molecule has 0 unspecified atom stereocenters. The first-order chi connectivity index (χ1) is 8.08. The number of carbonyl (C=O) groups is 1. The summed E-state index contributed by atoms with van der Waals surface area (Å²) in [5.41, 5.74) is 0.430. The number of halogens is 1. The van der Waals surface area contributed by atoms with Gasteiger partial charge in [0, 0.05) is 17.8 Å². The van der Waals surface area contributed by atoms with Crippen LogP contribution >= 0.6 is 0 Å². The lowest BCUT2D eigenvalue weighted by molar-refractivity contribution is -0.529. The lowest BCUT2D eigenvalue weighted by Gasteiger charge is -2.26. The average molecular weight is 238 g/mol. The molecule has 0 aliphatic carbocycles. The van der Waals surface area contributed by atoms with Gasteiger partial charge < -0.3 is 5.32 Å². The van der Waals surface area contributed by atoms with Gasteiger partial charge in [0.25, 0.3) is 0 Å². The highest BCUT2D eigenvalue weighted by Gasteiger charge is 2.38. The van der Waals surface area contributed by atoms with Crippen molar-refractivity contribution in [2.75, 3.05) is 0 Å². The van der Waals surface area contributed by atoms with E-state index in [2.05, 4.69) is 5.32 Å². The molecule has 1 aromatic rings. The van der Waals surface area contributed by atoms with Crippen molar-refractivity contribution < 1.29 is 14.1 Å². The summed E-state index contributed by atoms with van der Waals surface area (Å²) >= 11 is 0. The van der Waals surface area contributed by atoms with Gasteiger partial charge in [-0.1, -0.05) is 12.1 Å². The molecule has 1 aromatic carbocycles. The van der Waals surface area contributed by atoms with Crippen LogP contribution in [0.5, 0.6) is 0 Å². The molecular weight excluding hydrogens is 227 g/mol. The van der Waals surface area contributed by atoms with E-state index >= 15 is 0 Å². The molecule has 2 rings (SSSR count). The Bertz CT molecular complexity index is 464. The molecule has 5 nitrogen and oxygen atoms in total. The Morgan fingerprint density at radius 1 is 1.47 bits per heavy atom. The van der Waals surface area contributed by atoms with Crippen molar-refractivity contribution >= 4 is 5.91 Å².